The first-order valence-corrected chi connectivity index (χ1v) is 7.53. The molecule has 1 unspecified atom stereocenters. The van der Waals surface area contributed by atoms with Crippen LogP contribution in [0.25, 0.3) is 0 Å². The van der Waals surface area contributed by atoms with Crippen LogP contribution in [0.3, 0.4) is 0 Å². The summed E-state index contributed by atoms with van der Waals surface area (Å²) < 4.78 is 5.38. The van der Waals surface area contributed by atoms with E-state index in [9.17, 15) is 5.26 Å². The Bertz CT molecular complexity index is 515. The minimum absolute atomic E-state index is 0.244. The highest BCUT2D eigenvalue weighted by atomic mass is 32.2. The van der Waals surface area contributed by atoms with E-state index < -0.39 is 0 Å². The maximum atomic E-state index is 9.52. The van der Waals surface area contributed by atoms with E-state index in [1.165, 1.54) is 10.6 Å². The van der Waals surface area contributed by atoms with E-state index >= 15 is 0 Å². The van der Waals surface area contributed by atoms with Gasteiger partial charge in [-0.1, -0.05) is 30.3 Å². The van der Waals surface area contributed by atoms with Gasteiger partial charge in [0.05, 0.1) is 29.9 Å². The van der Waals surface area contributed by atoms with Crippen LogP contribution in [0.5, 0.6) is 0 Å². The predicted octanol–water partition coefficient (Wildman–Crippen LogP) is 2.58. The first kappa shape index (κ1) is 12.6. The SMILES string of the molecule is N#CC1=C(N2CCOCC2)SCC1c1ccccc1. The number of nitrogens with zero attached hydrogens (tertiary/aromatic N) is 2. The van der Waals surface area contributed by atoms with Gasteiger partial charge in [0.25, 0.3) is 0 Å². The summed E-state index contributed by atoms with van der Waals surface area (Å²) >= 11 is 1.81. The molecular formula is C15H16N2OS. The second kappa shape index (κ2) is 5.68. The predicted molar refractivity (Wildman–Crippen MR) is 76.7 cm³/mol. The average molecular weight is 272 g/mol. The molecule has 1 fully saturated rings. The van der Waals surface area contributed by atoms with Gasteiger partial charge in [-0.3, -0.25) is 0 Å². The van der Waals surface area contributed by atoms with Gasteiger partial charge in [0.2, 0.25) is 0 Å². The average Bonchev–Trinajstić information content (AvgIpc) is 2.93. The molecule has 1 aromatic rings. The second-order valence-electron chi connectivity index (χ2n) is 4.70. The van der Waals surface area contributed by atoms with Gasteiger partial charge < -0.3 is 9.64 Å². The van der Waals surface area contributed by atoms with Crippen LogP contribution in [0, 0.1) is 11.3 Å². The number of hydrogen-bond acceptors (Lipinski definition) is 4. The highest BCUT2D eigenvalue weighted by molar-refractivity contribution is 8.03. The van der Waals surface area contributed by atoms with Crippen molar-refractivity contribution in [3.05, 3.63) is 46.5 Å². The van der Waals surface area contributed by atoms with Crippen molar-refractivity contribution in [1.82, 2.24) is 4.90 Å². The number of nitriles is 1. The molecule has 3 nitrogen and oxygen atoms in total. The molecule has 0 amide bonds. The Hall–Kier alpha value is -1.44. The molecule has 3 rings (SSSR count). The third-order valence-electron chi connectivity index (χ3n) is 3.59. The fraction of sp³-hybridized carbons (Fsp3) is 0.400. The summed E-state index contributed by atoms with van der Waals surface area (Å²) in [6.07, 6.45) is 0. The van der Waals surface area contributed by atoms with E-state index in [1.807, 2.05) is 30.0 Å². The van der Waals surface area contributed by atoms with Crippen molar-refractivity contribution in [3.63, 3.8) is 0 Å². The summed E-state index contributed by atoms with van der Waals surface area (Å²) in [6.45, 7) is 3.32. The molecule has 2 heterocycles. The van der Waals surface area contributed by atoms with Crippen LogP contribution in [0.1, 0.15) is 11.5 Å². The van der Waals surface area contributed by atoms with Crippen molar-refractivity contribution in [2.24, 2.45) is 0 Å². The van der Waals surface area contributed by atoms with Crippen LogP contribution < -0.4 is 0 Å². The molecule has 1 aromatic carbocycles. The molecule has 2 aliphatic heterocycles. The van der Waals surface area contributed by atoms with Crippen molar-refractivity contribution < 1.29 is 4.74 Å². The lowest BCUT2D eigenvalue weighted by molar-refractivity contribution is 0.0574. The number of thioether (sulfide) groups is 1. The van der Waals surface area contributed by atoms with Crippen LogP contribution in [0.4, 0.5) is 0 Å². The first-order valence-electron chi connectivity index (χ1n) is 6.55. The van der Waals surface area contributed by atoms with Crippen molar-refractivity contribution in [3.8, 4) is 6.07 Å². The fourth-order valence-electron chi connectivity index (χ4n) is 2.57. The number of morpholine rings is 1. The number of rotatable bonds is 2. The molecule has 0 aliphatic carbocycles. The summed E-state index contributed by atoms with van der Waals surface area (Å²) in [5.41, 5.74) is 2.17. The highest BCUT2D eigenvalue weighted by Crippen LogP contribution is 2.43. The fourth-order valence-corrected chi connectivity index (χ4v) is 3.97. The molecular weight excluding hydrogens is 256 g/mol. The molecule has 0 N–H and O–H groups in total. The Morgan fingerprint density at radius 2 is 1.95 bits per heavy atom. The van der Waals surface area contributed by atoms with E-state index in [2.05, 4.69) is 23.1 Å². The van der Waals surface area contributed by atoms with Crippen molar-refractivity contribution in [2.45, 2.75) is 5.92 Å². The summed E-state index contributed by atoms with van der Waals surface area (Å²) in [5, 5.41) is 10.7. The maximum Gasteiger partial charge on any atom is 0.0981 e. The Morgan fingerprint density at radius 3 is 2.63 bits per heavy atom. The van der Waals surface area contributed by atoms with Crippen LogP contribution in [-0.4, -0.2) is 37.0 Å². The Balaban J connectivity index is 1.89. The molecule has 19 heavy (non-hydrogen) atoms. The molecule has 0 saturated carbocycles. The van der Waals surface area contributed by atoms with Crippen LogP contribution in [-0.2, 0) is 4.74 Å². The van der Waals surface area contributed by atoms with Gasteiger partial charge in [-0.25, -0.2) is 0 Å². The van der Waals surface area contributed by atoms with Gasteiger partial charge in [0.1, 0.15) is 0 Å². The largest absolute Gasteiger partial charge is 0.378 e. The lowest BCUT2D eigenvalue weighted by atomic mass is 9.94. The summed E-state index contributed by atoms with van der Waals surface area (Å²) in [7, 11) is 0. The van der Waals surface area contributed by atoms with Gasteiger partial charge >= 0.3 is 0 Å². The van der Waals surface area contributed by atoms with Crippen LogP contribution in [0.15, 0.2) is 40.9 Å². The first-order chi connectivity index (χ1) is 9.40. The third kappa shape index (κ3) is 2.49. The highest BCUT2D eigenvalue weighted by Gasteiger charge is 2.31. The lowest BCUT2D eigenvalue weighted by Crippen LogP contribution is -2.34. The van der Waals surface area contributed by atoms with Crippen LogP contribution in [0.2, 0.25) is 0 Å². The zero-order valence-electron chi connectivity index (χ0n) is 10.7. The summed E-state index contributed by atoms with van der Waals surface area (Å²) in [6, 6.07) is 12.8. The molecule has 0 radical (unpaired) electrons. The Kier molecular flexibility index (Phi) is 3.77. The summed E-state index contributed by atoms with van der Waals surface area (Å²) in [5.74, 6) is 1.22. The van der Waals surface area contributed by atoms with E-state index in [0.717, 1.165) is 37.6 Å². The van der Waals surface area contributed by atoms with E-state index in [0.29, 0.717) is 0 Å². The topological polar surface area (TPSA) is 36.3 Å². The van der Waals surface area contributed by atoms with Gasteiger partial charge in [-0.15, -0.1) is 11.8 Å². The Labute approximate surface area is 117 Å². The molecule has 98 valence electrons. The number of benzene rings is 1. The minimum atomic E-state index is 0.244. The third-order valence-corrected chi connectivity index (χ3v) is 4.84. The normalized spacial score (nSPS) is 23.5. The van der Waals surface area contributed by atoms with E-state index in [4.69, 9.17) is 4.74 Å². The van der Waals surface area contributed by atoms with Crippen molar-refractivity contribution in [1.29, 1.82) is 5.26 Å². The van der Waals surface area contributed by atoms with Crippen molar-refractivity contribution >= 4 is 11.8 Å². The molecule has 1 atom stereocenters. The van der Waals surface area contributed by atoms with Gasteiger partial charge in [0.15, 0.2) is 0 Å². The molecule has 0 spiro atoms. The van der Waals surface area contributed by atoms with Crippen LogP contribution >= 0.6 is 11.8 Å². The van der Waals surface area contributed by atoms with E-state index in [1.54, 1.807) is 0 Å². The monoisotopic (exact) mass is 272 g/mol. The smallest absolute Gasteiger partial charge is 0.0981 e. The zero-order valence-corrected chi connectivity index (χ0v) is 11.5. The maximum absolute atomic E-state index is 9.52. The summed E-state index contributed by atoms with van der Waals surface area (Å²) in [4.78, 5) is 2.30. The lowest BCUT2D eigenvalue weighted by Gasteiger charge is -2.29. The van der Waals surface area contributed by atoms with Gasteiger partial charge in [0, 0.05) is 24.8 Å². The molecule has 0 bridgehead atoms. The standard InChI is InChI=1S/C15H16N2OS/c16-10-13-14(12-4-2-1-3-5-12)11-19-15(13)17-6-8-18-9-7-17/h1-5,14H,6-9,11H2. The van der Waals surface area contributed by atoms with Crippen molar-refractivity contribution in [2.75, 3.05) is 32.1 Å². The number of hydrogen-bond donors (Lipinski definition) is 0. The quantitative estimate of drug-likeness (QED) is 0.829. The molecule has 0 aromatic heterocycles. The van der Waals surface area contributed by atoms with E-state index in [-0.39, 0.29) is 5.92 Å². The molecule has 2 aliphatic rings. The zero-order chi connectivity index (χ0) is 13.1. The second-order valence-corrected chi connectivity index (χ2v) is 5.71. The molecule has 4 heteroatoms. The Morgan fingerprint density at radius 1 is 1.21 bits per heavy atom. The van der Waals surface area contributed by atoms with Gasteiger partial charge in [-0.2, -0.15) is 5.26 Å². The number of ether oxygens (including phenoxy) is 1. The molecule has 1 saturated heterocycles. The minimum Gasteiger partial charge on any atom is -0.378 e. The number of allylic oxidation sites excluding steroid dienone is 1. The van der Waals surface area contributed by atoms with Gasteiger partial charge in [-0.05, 0) is 5.56 Å².